The molecular weight excluding hydrogens is 224 g/mol. The van der Waals surface area contributed by atoms with Crippen molar-refractivity contribution in [3.63, 3.8) is 0 Å². The van der Waals surface area contributed by atoms with Gasteiger partial charge < -0.3 is 9.80 Å². The van der Waals surface area contributed by atoms with Crippen molar-refractivity contribution in [1.29, 1.82) is 0 Å². The van der Waals surface area contributed by atoms with Gasteiger partial charge in [0.1, 0.15) is 0 Å². The van der Waals surface area contributed by atoms with Gasteiger partial charge in [0.15, 0.2) is 0 Å². The molecule has 2 saturated heterocycles. The van der Waals surface area contributed by atoms with E-state index in [1.165, 1.54) is 0 Å². The van der Waals surface area contributed by atoms with Crippen LogP contribution in [-0.4, -0.2) is 59.3 Å². The lowest BCUT2D eigenvalue weighted by Crippen LogP contribution is -2.42. The molecule has 0 aliphatic carbocycles. The standard InChI is InChI=1S/C11H18N2O2S/c1-2-12-8-9(7-10(12)14)11(15)13-3-5-16-6-4-13/h9H,2-8H2,1H3/t9-/m1/s1. The van der Waals surface area contributed by atoms with Crippen LogP contribution in [-0.2, 0) is 9.59 Å². The highest BCUT2D eigenvalue weighted by molar-refractivity contribution is 7.99. The number of amides is 2. The van der Waals surface area contributed by atoms with Gasteiger partial charge in [-0.15, -0.1) is 0 Å². The number of thioether (sulfide) groups is 1. The van der Waals surface area contributed by atoms with Crippen LogP contribution in [0.2, 0.25) is 0 Å². The van der Waals surface area contributed by atoms with E-state index >= 15 is 0 Å². The number of nitrogens with zero attached hydrogens (tertiary/aromatic N) is 2. The Kier molecular flexibility index (Phi) is 3.74. The molecule has 1 atom stereocenters. The summed E-state index contributed by atoms with van der Waals surface area (Å²) >= 11 is 1.89. The number of likely N-dealkylation sites (tertiary alicyclic amines) is 1. The first-order valence-corrected chi connectivity index (χ1v) is 7.02. The molecule has 2 heterocycles. The SMILES string of the molecule is CCN1C[C@H](C(=O)N2CCSCC2)CC1=O. The van der Waals surface area contributed by atoms with Gasteiger partial charge in [0, 0.05) is 44.1 Å². The van der Waals surface area contributed by atoms with Crippen LogP contribution in [0.15, 0.2) is 0 Å². The summed E-state index contributed by atoms with van der Waals surface area (Å²) in [7, 11) is 0. The van der Waals surface area contributed by atoms with Crippen LogP contribution >= 0.6 is 11.8 Å². The van der Waals surface area contributed by atoms with Gasteiger partial charge in [0.05, 0.1) is 5.92 Å². The Morgan fingerprint density at radius 3 is 2.69 bits per heavy atom. The zero-order valence-electron chi connectivity index (χ0n) is 9.65. The molecule has 2 amide bonds. The highest BCUT2D eigenvalue weighted by Crippen LogP contribution is 2.21. The van der Waals surface area contributed by atoms with Crippen LogP contribution in [0.3, 0.4) is 0 Å². The maximum atomic E-state index is 12.1. The molecule has 2 fully saturated rings. The van der Waals surface area contributed by atoms with Crippen LogP contribution in [0.4, 0.5) is 0 Å². The highest BCUT2D eigenvalue weighted by atomic mass is 32.2. The minimum absolute atomic E-state index is 0.0875. The first-order chi connectivity index (χ1) is 7.72. The number of carbonyl (C=O) groups excluding carboxylic acids is 2. The van der Waals surface area contributed by atoms with Gasteiger partial charge in [-0.05, 0) is 6.92 Å². The number of hydrogen-bond donors (Lipinski definition) is 0. The van der Waals surface area contributed by atoms with Crippen molar-refractivity contribution in [2.75, 3.05) is 37.7 Å². The van der Waals surface area contributed by atoms with Crippen molar-refractivity contribution in [2.24, 2.45) is 5.92 Å². The predicted octanol–water partition coefficient (Wildman–Crippen LogP) is 0.430. The van der Waals surface area contributed by atoms with Crippen LogP contribution in [0.1, 0.15) is 13.3 Å². The second-order valence-corrected chi connectivity index (χ2v) is 5.50. The lowest BCUT2D eigenvalue weighted by molar-refractivity contribution is -0.135. The number of carbonyl (C=O) groups is 2. The lowest BCUT2D eigenvalue weighted by Gasteiger charge is -2.28. The Labute approximate surface area is 100 Å². The zero-order chi connectivity index (χ0) is 11.5. The van der Waals surface area contributed by atoms with Gasteiger partial charge in [-0.1, -0.05) is 0 Å². The van der Waals surface area contributed by atoms with Crippen molar-refractivity contribution in [3.8, 4) is 0 Å². The topological polar surface area (TPSA) is 40.6 Å². The summed E-state index contributed by atoms with van der Waals surface area (Å²) in [5, 5.41) is 0. The van der Waals surface area contributed by atoms with E-state index in [-0.39, 0.29) is 17.7 Å². The monoisotopic (exact) mass is 242 g/mol. The van der Waals surface area contributed by atoms with Gasteiger partial charge >= 0.3 is 0 Å². The van der Waals surface area contributed by atoms with Crippen molar-refractivity contribution in [3.05, 3.63) is 0 Å². The van der Waals surface area contributed by atoms with Crippen molar-refractivity contribution < 1.29 is 9.59 Å². The molecule has 5 heteroatoms. The normalized spacial score (nSPS) is 26.3. The second kappa shape index (κ2) is 5.08. The first-order valence-electron chi connectivity index (χ1n) is 5.86. The van der Waals surface area contributed by atoms with E-state index in [1.807, 2.05) is 23.6 Å². The molecular formula is C11H18N2O2S. The fourth-order valence-corrected chi connectivity index (χ4v) is 3.19. The van der Waals surface area contributed by atoms with Gasteiger partial charge in [-0.3, -0.25) is 9.59 Å². The largest absolute Gasteiger partial charge is 0.342 e. The van der Waals surface area contributed by atoms with Crippen LogP contribution in [0.5, 0.6) is 0 Å². The van der Waals surface area contributed by atoms with E-state index in [4.69, 9.17) is 0 Å². The zero-order valence-corrected chi connectivity index (χ0v) is 10.5. The molecule has 90 valence electrons. The first kappa shape index (κ1) is 11.8. The molecule has 0 saturated carbocycles. The Hall–Kier alpha value is -0.710. The summed E-state index contributed by atoms with van der Waals surface area (Å²) in [5.74, 6) is 2.29. The average Bonchev–Trinajstić information content (AvgIpc) is 2.71. The van der Waals surface area contributed by atoms with Gasteiger partial charge in [0.2, 0.25) is 11.8 Å². The molecule has 0 aromatic rings. The smallest absolute Gasteiger partial charge is 0.228 e. The Morgan fingerprint density at radius 2 is 2.12 bits per heavy atom. The molecule has 2 aliphatic heterocycles. The van der Waals surface area contributed by atoms with Crippen molar-refractivity contribution in [2.45, 2.75) is 13.3 Å². The van der Waals surface area contributed by atoms with Gasteiger partial charge in [-0.25, -0.2) is 0 Å². The number of hydrogen-bond acceptors (Lipinski definition) is 3. The Bertz CT molecular complexity index is 290. The molecule has 0 unspecified atom stereocenters. The lowest BCUT2D eigenvalue weighted by atomic mass is 10.1. The summed E-state index contributed by atoms with van der Waals surface area (Å²) in [5.41, 5.74) is 0. The molecule has 0 aromatic carbocycles. The van der Waals surface area contributed by atoms with E-state index in [2.05, 4.69) is 0 Å². The maximum Gasteiger partial charge on any atom is 0.228 e. The quantitative estimate of drug-likeness (QED) is 0.705. The molecule has 2 rings (SSSR count). The minimum Gasteiger partial charge on any atom is -0.342 e. The summed E-state index contributed by atoms with van der Waals surface area (Å²) in [6, 6.07) is 0. The third-order valence-corrected chi connectivity index (χ3v) is 4.21. The van der Waals surface area contributed by atoms with E-state index in [1.54, 1.807) is 4.90 Å². The molecule has 0 aromatic heterocycles. The Balaban J connectivity index is 1.92. The third-order valence-electron chi connectivity index (χ3n) is 3.27. The molecule has 16 heavy (non-hydrogen) atoms. The Morgan fingerprint density at radius 1 is 1.44 bits per heavy atom. The van der Waals surface area contributed by atoms with Crippen molar-refractivity contribution in [1.82, 2.24) is 9.80 Å². The third kappa shape index (κ3) is 2.34. The van der Waals surface area contributed by atoms with E-state index < -0.39 is 0 Å². The van der Waals surface area contributed by atoms with Crippen LogP contribution in [0, 0.1) is 5.92 Å². The summed E-state index contributed by atoms with van der Waals surface area (Å²) in [6.45, 7) is 5.00. The number of rotatable bonds is 2. The van der Waals surface area contributed by atoms with Crippen molar-refractivity contribution >= 4 is 23.6 Å². The van der Waals surface area contributed by atoms with E-state index in [9.17, 15) is 9.59 Å². The van der Waals surface area contributed by atoms with Gasteiger partial charge in [0.25, 0.3) is 0 Å². The van der Waals surface area contributed by atoms with E-state index in [0.717, 1.165) is 31.1 Å². The van der Waals surface area contributed by atoms with Crippen LogP contribution < -0.4 is 0 Å². The molecule has 0 N–H and O–H groups in total. The summed E-state index contributed by atoms with van der Waals surface area (Å²) in [6.07, 6.45) is 0.413. The molecule has 0 spiro atoms. The van der Waals surface area contributed by atoms with Gasteiger partial charge in [-0.2, -0.15) is 11.8 Å². The summed E-state index contributed by atoms with van der Waals surface area (Å²) in [4.78, 5) is 27.4. The van der Waals surface area contributed by atoms with E-state index in [0.29, 0.717) is 13.0 Å². The predicted molar refractivity (Wildman–Crippen MR) is 64.3 cm³/mol. The highest BCUT2D eigenvalue weighted by Gasteiger charge is 2.35. The molecule has 0 radical (unpaired) electrons. The molecule has 0 bridgehead atoms. The average molecular weight is 242 g/mol. The summed E-state index contributed by atoms with van der Waals surface area (Å²) < 4.78 is 0. The van der Waals surface area contributed by atoms with Crippen LogP contribution in [0.25, 0.3) is 0 Å². The second-order valence-electron chi connectivity index (χ2n) is 4.27. The molecule has 2 aliphatic rings. The maximum absolute atomic E-state index is 12.1. The molecule has 4 nitrogen and oxygen atoms in total. The minimum atomic E-state index is -0.0875. The fraction of sp³-hybridized carbons (Fsp3) is 0.818. The fourth-order valence-electron chi connectivity index (χ4n) is 2.29.